The highest BCUT2D eigenvalue weighted by Crippen LogP contribution is 2.30. The maximum Gasteiger partial charge on any atom is 0.344 e. The van der Waals surface area contributed by atoms with Gasteiger partial charge in [0.1, 0.15) is 17.4 Å². The molecule has 0 radical (unpaired) electrons. The third kappa shape index (κ3) is 7.21. The number of carbonyl (C=O) groups excluding carboxylic acids is 2. The van der Waals surface area contributed by atoms with Gasteiger partial charge in [0, 0.05) is 5.69 Å². The van der Waals surface area contributed by atoms with E-state index >= 15 is 0 Å². The summed E-state index contributed by atoms with van der Waals surface area (Å²) in [4.78, 5) is 35.0. The molecule has 0 aliphatic rings. The molecule has 2 aromatic carbocycles. The summed E-state index contributed by atoms with van der Waals surface area (Å²) in [6.07, 6.45) is 1.41. The van der Waals surface area contributed by atoms with Crippen LogP contribution >= 0.6 is 45.2 Å². The van der Waals surface area contributed by atoms with Crippen molar-refractivity contribution in [2.45, 2.75) is 6.92 Å². The molecular weight excluding hydrogens is 630 g/mol. The summed E-state index contributed by atoms with van der Waals surface area (Å²) < 4.78 is 11.7. The fraction of sp³-hybridized carbons (Fsp3) is 0.143. The number of hydrogen-bond acceptors (Lipinski definition) is 6. The van der Waals surface area contributed by atoms with Crippen LogP contribution in [0.4, 0.5) is 5.69 Å². The number of hydrogen-bond donors (Lipinski definition) is 2. The van der Waals surface area contributed by atoms with Crippen LogP contribution in [0.3, 0.4) is 0 Å². The number of rotatable bonds is 8. The van der Waals surface area contributed by atoms with Crippen molar-refractivity contribution < 1.29 is 29.0 Å². The van der Waals surface area contributed by atoms with Crippen molar-refractivity contribution in [2.24, 2.45) is 0 Å². The van der Waals surface area contributed by atoms with Gasteiger partial charge in [-0.25, -0.2) is 9.59 Å². The minimum absolute atomic E-state index is 0.0165. The summed E-state index contributed by atoms with van der Waals surface area (Å²) in [7, 11) is 0. The fourth-order valence-corrected chi connectivity index (χ4v) is 4.51. The number of carbonyl (C=O) groups is 3. The lowest BCUT2D eigenvalue weighted by Gasteiger charge is -2.11. The van der Waals surface area contributed by atoms with Crippen LogP contribution in [0.5, 0.6) is 5.75 Å². The number of aromatic carboxylic acids is 1. The molecule has 0 heterocycles. The van der Waals surface area contributed by atoms with Crippen LogP contribution in [0.1, 0.15) is 22.8 Å². The average molecular weight is 646 g/mol. The number of esters is 1. The van der Waals surface area contributed by atoms with Gasteiger partial charge >= 0.3 is 11.9 Å². The number of nitriles is 1. The number of halogens is 2. The van der Waals surface area contributed by atoms with Gasteiger partial charge in [-0.05, 0) is 94.1 Å². The number of anilines is 1. The van der Waals surface area contributed by atoms with Crippen LogP contribution < -0.4 is 10.1 Å². The second-order valence-corrected chi connectivity index (χ2v) is 8.24. The Kier molecular flexibility index (Phi) is 9.25. The predicted octanol–water partition coefficient (Wildman–Crippen LogP) is 4.08. The molecule has 8 nitrogen and oxygen atoms in total. The molecule has 160 valence electrons. The van der Waals surface area contributed by atoms with E-state index in [1.165, 1.54) is 30.3 Å². The van der Waals surface area contributed by atoms with E-state index in [0.29, 0.717) is 18.5 Å². The third-order valence-electron chi connectivity index (χ3n) is 3.70. The molecule has 31 heavy (non-hydrogen) atoms. The molecular formula is C21H16I2N2O6. The van der Waals surface area contributed by atoms with Gasteiger partial charge in [0.2, 0.25) is 0 Å². The highest BCUT2D eigenvalue weighted by atomic mass is 127. The van der Waals surface area contributed by atoms with E-state index in [0.717, 1.165) is 0 Å². The Morgan fingerprint density at radius 3 is 2.45 bits per heavy atom. The van der Waals surface area contributed by atoms with Gasteiger partial charge in [0.25, 0.3) is 5.91 Å². The maximum absolute atomic E-state index is 12.5. The largest absolute Gasteiger partial charge is 0.480 e. The van der Waals surface area contributed by atoms with Gasteiger partial charge in [-0.15, -0.1) is 0 Å². The first-order chi connectivity index (χ1) is 14.7. The standard InChI is InChI=1S/C21H16I2N2O6/c1-2-30-18(26)11-31-19-16(22)7-12(8-17(19)23)6-14(10-24)20(27)25-15-5-3-4-13(9-15)21(28)29/h3-9H,2,11H2,1H3,(H,25,27)(H,28,29)/b14-6-. The smallest absolute Gasteiger partial charge is 0.344 e. The van der Waals surface area contributed by atoms with Gasteiger partial charge in [0.15, 0.2) is 6.61 Å². The van der Waals surface area contributed by atoms with Crippen molar-refractivity contribution in [3.05, 3.63) is 60.2 Å². The molecule has 0 bridgehead atoms. The number of amides is 1. The zero-order valence-electron chi connectivity index (χ0n) is 16.1. The van der Waals surface area contributed by atoms with Crippen LogP contribution in [0.2, 0.25) is 0 Å². The molecule has 0 spiro atoms. The lowest BCUT2D eigenvalue weighted by molar-refractivity contribution is -0.145. The molecule has 0 aliphatic carbocycles. The normalized spacial score (nSPS) is 10.7. The lowest BCUT2D eigenvalue weighted by Crippen LogP contribution is -2.15. The van der Waals surface area contributed by atoms with Crippen molar-refractivity contribution in [3.63, 3.8) is 0 Å². The molecule has 0 aromatic heterocycles. The zero-order valence-corrected chi connectivity index (χ0v) is 20.5. The van der Waals surface area contributed by atoms with E-state index in [1.54, 1.807) is 19.1 Å². The van der Waals surface area contributed by atoms with Crippen LogP contribution in [0.25, 0.3) is 6.08 Å². The van der Waals surface area contributed by atoms with E-state index in [2.05, 4.69) is 5.32 Å². The molecule has 0 fully saturated rings. The molecule has 0 saturated heterocycles. The lowest BCUT2D eigenvalue weighted by atomic mass is 10.1. The zero-order chi connectivity index (χ0) is 23.0. The van der Waals surface area contributed by atoms with Crippen LogP contribution in [-0.2, 0) is 14.3 Å². The second kappa shape index (κ2) is 11.7. The Morgan fingerprint density at radius 1 is 1.19 bits per heavy atom. The van der Waals surface area contributed by atoms with Crippen molar-refractivity contribution in [3.8, 4) is 11.8 Å². The molecule has 2 N–H and O–H groups in total. The van der Waals surface area contributed by atoms with E-state index in [4.69, 9.17) is 14.6 Å². The van der Waals surface area contributed by atoms with Crippen molar-refractivity contribution in [2.75, 3.05) is 18.5 Å². The Balaban J connectivity index is 2.21. The van der Waals surface area contributed by atoms with Gasteiger partial charge in [-0.3, -0.25) is 4.79 Å². The molecule has 0 atom stereocenters. The van der Waals surface area contributed by atoms with Gasteiger partial charge in [-0.2, -0.15) is 5.26 Å². The number of carboxylic acids is 1. The molecule has 2 rings (SSSR count). The second-order valence-electron chi connectivity index (χ2n) is 5.92. The molecule has 2 aromatic rings. The number of carboxylic acid groups (broad SMARTS) is 1. The van der Waals surface area contributed by atoms with Crippen molar-refractivity contribution in [1.82, 2.24) is 0 Å². The van der Waals surface area contributed by atoms with Crippen LogP contribution in [0.15, 0.2) is 42.0 Å². The topological polar surface area (TPSA) is 126 Å². The Bertz CT molecular complexity index is 1070. The number of nitrogens with one attached hydrogen (secondary N) is 1. The first-order valence-electron chi connectivity index (χ1n) is 8.79. The number of nitrogens with zero attached hydrogens (tertiary/aromatic N) is 1. The third-order valence-corrected chi connectivity index (χ3v) is 5.31. The monoisotopic (exact) mass is 646 g/mol. The minimum Gasteiger partial charge on any atom is -0.480 e. The van der Waals surface area contributed by atoms with Crippen molar-refractivity contribution in [1.29, 1.82) is 5.26 Å². The first-order valence-corrected chi connectivity index (χ1v) is 10.9. The molecule has 10 heteroatoms. The number of benzene rings is 2. The molecule has 0 unspecified atom stereocenters. The fourth-order valence-electron chi connectivity index (χ4n) is 2.38. The highest BCUT2D eigenvalue weighted by molar-refractivity contribution is 14.1. The Labute approximate surface area is 205 Å². The van der Waals surface area contributed by atoms with E-state index in [1.807, 2.05) is 51.3 Å². The summed E-state index contributed by atoms with van der Waals surface area (Å²) in [5, 5.41) is 21.0. The van der Waals surface area contributed by atoms with Gasteiger partial charge in [-0.1, -0.05) is 6.07 Å². The molecule has 0 saturated carbocycles. The van der Waals surface area contributed by atoms with Crippen LogP contribution in [0, 0.1) is 18.5 Å². The Hall–Kier alpha value is -2.66. The van der Waals surface area contributed by atoms with Crippen molar-refractivity contribution >= 4 is 74.8 Å². The van der Waals surface area contributed by atoms with Gasteiger partial charge < -0.3 is 19.9 Å². The van der Waals surface area contributed by atoms with E-state index < -0.39 is 17.8 Å². The van der Waals surface area contributed by atoms with E-state index in [9.17, 15) is 19.6 Å². The summed E-state index contributed by atoms with van der Waals surface area (Å²) in [6.45, 7) is 1.74. The summed E-state index contributed by atoms with van der Waals surface area (Å²) in [5.41, 5.74) is 0.705. The first kappa shape index (κ1) is 24.6. The highest BCUT2D eigenvalue weighted by Gasteiger charge is 2.14. The number of ether oxygens (including phenoxy) is 2. The molecule has 0 aliphatic heterocycles. The Morgan fingerprint density at radius 2 is 1.87 bits per heavy atom. The minimum atomic E-state index is -1.12. The quantitative estimate of drug-likeness (QED) is 0.192. The average Bonchev–Trinajstić information content (AvgIpc) is 2.71. The summed E-state index contributed by atoms with van der Waals surface area (Å²) in [5.74, 6) is -1.77. The van der Waals surface area contributed by atoms with Crippen LogP contribution in [-0.4, -0.2) is 36.2 Å². The summed E-state index contributed by atoms with van der Waals surface area (Å²) >= 11 is 4.07. The SMILES string of the molecule is CCOC(=O)COc1c(I)cc(/C=C(/C#N)C(=O)Nc2cccc(C(=O)O)c2)cc1I. The van der Waals surface area contributed by atoms with Gasteiger partial charge in [0.05, 0.1) is 19.3 Å². The maximum atomic E-state index is 12.5. The predicted molar refractivity (Wildman–Crippen MR) is 130 cm³/mol. The summed E-state index contributed by atoms with van der Waals surface area (Å²) in [6, 6.07) is 11.0. The molecule has 1 amide bonds. The van der Waals surface area contributed by atoms with E-state index in [-0.39, 0.29) is 30.0 Å².